The molecule has 35 heavy (non-hydrogen) atoms. The van der Waals surface area contributed by atoms with Crippen LogP contribution in [0.2, 0.25) is 0 Å². The Kier molecular flexibility index (Phi) is 8.03. The number of benzene rings is 3. The molecule has 3 aromatic rings. The van der Waals surface area contributed by atoms with Gasteiger partial charge >= 0.3 is 6.11 Å². The number of alkyl halides is 4. The number of ether oxygens (including phenoxy) is 2. The van der Waals surface area contributed by atoms with E-state index < -0.39 is 52.9 Å². The summed E-state index contributed by atoms with van der Waals surface area (Å²) in [6, 6.07) is 8.59. The van der Waals surface area contributed by atoms with Crippen LogP contribution in [-0.4, -0.2) is 6.43 Å². The number of hydrogen-bond acceptors (Lipinski definition) is 2. The van der Waals surface area contributed by atoms with E-state index in [1.165, 1.54) is 0 Å². The van der Waals surface area contributed by atoms with Gasteiger partial charge in [-0.15, -0.1) is 0 Å². The molecule has 2 nitrogen and oxygen atoms in total. The molecule has 3 rings (SSSR count). The minimum atomic E-state index is -4.66. The van der Waals surface area contributed by atoms with Gasteiger partial charge in [0.05, 0.1) is 6.26 Å². The van der Waals surface area contributed by atoms with Crippen LogP contribution in [0.5, 0.6) is 11.5 Å². The third-order valence-corrected chi connectivity index (χ3v) is 4.79. The van der Waals surface area contributed by atoms with Gasteiger partial charge in [0.1, 0.15) is 22.9 Å². The molecule has 0 heterocycles. The number of halogens is 8. The average Bonchev–Trinajstić information content (AvgIpc) is 2.75. The van der Waals surface area contributed by atoms with Crippen LogP contribution < -0.4 is 9.47 Å². The first kappa shape index (κ1) is 26.1. The van der Waals surface area contributed by atoms with Crippen molar-refractivity contribution in [1.29, 1.82) is 0 Å². The van der Waals surface area contributed by atoms with Gasteiger partial charge in [-0.3, -0.25) is 0 Å². The van der Waals surface area contributed by atoms with Crippen LogP contribution in [0, 0.1) is 23.3 Å². The monoisotopic (exact) mass is 502 g/mol. The van der Waals surface area contributed by atoms with Crippen molar-refractivity contribution in [2.45, 2.75) is 32.3 Å². The van der Waals surface area contributed by atoms with Gasteiger partial charge in [0, 0.05) is 18.2 Å². The number of hydrogen-bond donors (Lipinski definition) is 0. The fourth-order valence-corrected chi connectivity index (χ4v) is 3.24. The summed E-state index contributed by atoms with van der Waals surface area (Å²) in [5.74, 6) is -8.70. The highest BCUT2D eigenvalue weighted by molar-refractivity contribution is 5.64. The Morgan fingerprint density at radius 3 is 1.91 bits per heavy atom. The lowest BCUT2D eigenvalue weighted by Gasteiger charge is -2.20. The van der Waals surface area contributed by atoms with Crippen molar-refractivity contribution in [3.8, 4) is 22.6 Å². The van der Waals surface area contributed by atoms with E-state index in [0.717, 1.165) is 18.4 Å². The topological polar surface area (TPSA) is 18.5 Å². The molecule has 0 unspecified atom stereocenters. The first-order valence-corrected chi connectivity index (χ1v) is 10.3. The van der Waals surface area contributed by atoms with Gasteiger partial charge in [0.25, 0.3) is 6.43 Å². The molecule has 0 amide bonds. The molecule has 0 aliphatic rings. The SMILES string of the molecule is CCCc1ccc(-c2cc(F)c(C(F)(F)Oc3cc(F)c(O/C=C/C(F)F)c(F)c3)c(F)c2)cc1. The molecule has 0 spiro atoms. The van der Waals surface area contributed by atoms with Crippen molar-refractivity contribution in [1.82, 2.24) is 0 Å². The van der Waals surface area contributed by atoms with Gasteiger partial charge in [-0.1, -0.05) is 37.6 Å². The van der Waals surface area contributed by atoms with E-state index in [-0.39, 0.29) is 23.8 Å². The summed E-state index contributed by atoms with van der Waals surface area (Å²) in [7, 11) is 0. The first-order valence-electron chi connectivity index (χ1n) is 10.3. The van der Waals surface area contributed by atoms with Crippen LogP contribution in [0.3, 0.4) is 0 Å². The lowest BCUT2D eigenvalue weighted by molar-refractivity contribution is -0.189. The molecule has 0 saturated heterocycles. The van der Waals surface area contributed by atoms with Crippen molar-refractivity contribution in [3.05, 3.63) is 95.3 Å². The molecule has 0 aromatic heterocycles. The highest BCUT2D eigenvalue weighted by atomic mass is 19.3. The molecule has 0 saturated carbocycles. The number of aryl methyl sites for hydroxylation is 1. The summed E-state index contributed by atoms with van der Waals surface area (Å²) < 4.78 is 119. The molecule has 3 aromatic carbocycles. The molecule has 0 radical (unpaired) electrons. The standard InChI is InChI=1S/C25H18F8O2/c1-2-3-14-4-6-15(7-5-14)16-10-18(26)23(19(27)11-16)25(32,33)35-17-12-20(28)24(21(29)13-17)34-9-8-22(30)31/h4-13,22H,2-3H2,1H3/b9-8+. The van der Waals surface area contributed by atoms with Crippen molar-refractivity contribution in [2.24, 2.45) is 0 Å². The largest absolute Gasteiger partial charge is 0.459 e. The second-order valence-corrected chi connectivity index (χ2v) is 7.38. The van der Waals surface area contributed by atoms with Gasteiger partial charge in [0.15, 0.2) is 17.4 Å². The molecule has 0 N–H and O–H groups in total. The zero-order valence-corrected chi connectivity index (χ0v) is 18.1. The van der Waals surface area contributed by atoms with Crippen LogP contribution in [-0.2, 0) is 12.5 Å². The predicted molar refractivity (Wildman–Crippen MR) is 112 cm³/mol. The zero-order valence-electron chi connectivity index (χ0n) is 18.1. The van der Waals surface area contributed by atoms with Gasteiger partial charge in [-0.2, -0.15) is 8.78 Å². The average molecular weight is 502 g/mol. The molecular weight excluding hydrogens is 484 g/mol. The van der Waals surface area contributed by atoms with E-state index in [1.807, 2.05) is 6.92 Å². The van der Waals surface area contributed by atoms with E-state index in [0.29, 0.717) is 24.0 Å². The predicted octanol–water partition coefficient (Wildman–Crippen LogP) is 8.15. The third kappa shape index (κ3) is 6.32. The maximum atomic E-state index is 14.6. The van der Waals surface area contributed by atoms with Crippen molar-refractivity contribution < 1.29 is 44.6 Å². The zero-order chi connectivity index (χ0) is 25.8. The molecular formula is C25H18F8O2. The summed E-state index contributed by atoms with van der Waals surface area (Å²) in [6.07, 6.45) is -5.43. The minimum Gasteiger partial charge on any atom is -0.459 e. The van der Waals surface area contributed by atoms with Crippen LogP contribution >= 0.6 is 0 Å². The third-order valence-electron chi connectivity index (χ3n) is 4.79. The summed E-state index contributed by atoms with van der Waals surface area (Å²) in [5.41, 5.74) is -0.378. The Morgan fingerprint density at radius 2 is 1.40 bits per heavy atom. The normalized spacial score (nSPS) is 11.9. The summed E-state index contributed by atoms with van der Waals surface area (Å²) in [5, 5.41) is 0. The minimum absolute atomic E-state index is 0.00181. The molecule has 0 aliphatic heterocycles. The first-order chi connectivity index (χ1) is 16.5. The second kappa shape index (κ2) is 10.8. The van der Waals surface area contributed by atoms with Crippen LogP contribution in [0.1, 0.15) is 24.5 Å². The molecule has 10 heteroatoms. The maximum Gasteiger partial charge on any atom is 0.432 e. The van der Waals surface area contributed by atoms with E-state index in [2.05, 4.69) is 9.47 Å². The van der Waals surface area contributed by atoms with E-state index in [9.17, 15) is 35.1 Å². The lowest BCUT2D eigenvalue weighted by atomic mass is 10.00. The molecule has 0 aliphatic carbocycles. The van der Waals surface area contributed by atoms with Crippen LogP contribution in [0.15, 0.2) is 60.9 Å². The molecule has 0 bridgehead atoms. The van der Waals surface area contributed by atoms with Gasteiger partial charge in [-0.25, -0.2) is 26.3 Å². The van der Waals surface area contributed by atoms with Crippen LogP contribution in [0.4, 0.5) is 35.1 Å². The second-order valence-electron chi connectivity index (χ2n) is 7.38. The summed E-state index contributed by atoms with van der Waals surface area (Å²) in [4.78, 5) is 0. The molecule has 186 valence electrons. The van der Waals surface area contributed by atoms with E-state index in [1.54, 1.807) is 24.3 Å². The van der Waals surface area contributed by atoms with Gasteiger partial charge < -0.3 is 9.47 Å². The Labute approximate surface area is 195 Å². The maximum absolute atomic E-state index is 14.6. The molecule has 0 fully saturated rings. The highest BCUT2D eigenvalue weighted by Gasteiger charge is 2.41. The smallest absolute Gasteiger partial charge is 0.432 e. The Bertz CT molecular complexity index is 1160. The number of rotatable bonds is 9. The van der Waals surface area contributed by atoms with E-state index >= 15 is 0 Å². The lowest BCUT2D eigenvalue weighted by Crippen LogP contribution is -2.25. The van der Waals surface area contributed by atoms with Crippen molar-refractivity contribution in [3.63, 3.8) is 0 Å². The summed E-state index contributed by atoms with van der Waals surface area (Å²) >= 11 is 0. The summed E-state index contributed by atoms with van der Waals surface area (Å²) in [6.45, 7) is 1.98. The quantitative estimate of drug-likeness (QED) is 0.217. The molecule has 0 atom stereocenters. The highest BCUT2D eigenvalue weighted by Crippen LogP contribution is 2.38. The fourth-order valence-electron chi connectivity index (χ4n) is 3.24. The van der Waals surface area contributed by atoms with Gasteiger partial charge in [-0.05, 0) is 35.2 Å². The fraction of sp³-hybridized carbons (Fsp3) is 0.200. The van der Waals surface area contributed by atoms with Gasteiger partial charge in [0.2, 0.25) is 0 Å². The van der Waals surface area contributed by atoms with Crippen molar-refractivity contribution >= 4 is 0 Å². The van der Waals surface area contributed by atoms with Crippen molar-refractivity contribution in [2.75, 3.05) is 0 Å². The number of allylic oxidation sites excluding steroid dienone is 1. The Morgan fingerprint density at radius 1 is 0.829 bits per heavy atom. The Hall–Kier alpha value is -3.56. The van der Waals surface area contributed by atoms with E-state index in [4.69, 9.17) is 0 Å². The van der Waals surface area contributed by atoms with Crippen LogP contribution in [0.25, 0.3) is 11.1 Å². The Balaban J connectivity index is 1.86.